The normalized spacial score (nSPS) is 14.2. The van der Waals surface area contributed by atoms with Crippen LogP contribution in [0.15, 0.2) is 17.5 Å². The monoisotopic (exact) mass is 218 g/mol. The quantitative estimate of drug-likeness (QED) is 0.714. The van der Waals surface area contributed by atoms with Gasteiger partial charge in [0.25, 0.3) is 0 Å². The molecule has 0 bridgehead atoms. The first-order valence-electron chi connectivity index (χ1n) is 3.86. The van der Waals surface area contributed by atoms with Gasteiger partial charge in [0.2, 0.25) is 0 Å². The third-order valence-corrected chi connectivity index (χ3v) is 3.48. The van der Waals surface area contributed by atoms with Gasteiger partial charge in [0.05, 0.1) is 0 Å². The maximum Gasteiger partial charge on any atom is 0.102 e. The largest absolute Gasteiger partial charge is 0.755 e. The molecule has 13 heavy (non-hydrogen) atoms. The van der Waals surface area contributed by atoms with Gasteiger partial charge in [0.15, 0.2) is 0 Å². The molecule has 0 saturated carbocycles. The van der Waals surface area contributed by atoms with Crippen LogP contribution in [0.3, 0.4) is 0 Å². The SMILES string of the molecule is CC(C)(C)N(c1cccs1)S(=O)[O-]. The average Bonchev–Trinajstić information content (AvgIpc) is 2.34. The van der Waals surface area contributed by atoms with Crippen LogP contribution in [0.25, 0.3) is 0 Å². The zero-order valence-electron chi connectivity index (χ0n) is 7.81. The number of rotatable bonds is 2. The number of thiophene rings is 1. The predicted molar refractivity (Wildman–Crippen MR) is 55.5 cm³/mol. The molecule has 1 unspecified atom stereocenters. The van der Waals surface area contributed by atoms with E-state index in [-0.39, 0.29) is 0 Å². The van der Waals surface area contributed by atoms with Crippen molar-refractivity contribution >= 4 is 27.6 Å². The van der Waals surface area contributed by atoms with Crippen LogP contribution in [0.2, 0.25) is 0 Å². The molecule has 0 amide bonds. The van der Waals surface area contributed by atoms with E-state index in [2.05, 4.69) is 0 Å². The smallest absolute Gasteiger partial charge is 0.102 e. The lowest BCUT2D eigenvalue weighted by Gasteiger charge is -2.37. The van der Waals surface area contributed by atoms with Gasteiger partial charge in [0, 0.05) is 16.8 Å². The van der Waals surface area contributed by atoms with Crippen LogP contribution < -0.4 is 4.31 Å². The van der Waals surface area contributed by atoms with Crippen molar-refractivity contribution in [2.75, 3.05) is 4.31 Å². The maximum absolute atomic E-state index is 11.0. The molecule has 0 aliphatic heterocycles. The first kappa shape index (κ1) is 10.7. The zero-order chi connectivity index (χ0) is 10.1. The number of anilines is 1. The second-order valence-corrected chi connectivity index (χ2v) is 5.36. The van der Waals surface area contributed by atoms with Crippen molar-refractivity contribution in [3.63, 3.8) is 0 Å². The summed E-state index contributed by atoms with van der Waals surface area (Å²) in [6, 6.07) is 3.64. The molecule has 1 heterocycles. The molecule has 0 radical (unpaired) electrons. The molecule has 3 nitrogen and oxygen atoms in total. The molecular formula is C8H12NO2S2-. The van der Waals surface area contributed by atoms with E-state index in [0.29, 0.717) is 0 Å². The van der Waals surface area contributed by atoms with Gasteiger partial charge in [-0.05, 0) is 38.3 Å². The predicted octanol–water partition coefficient (Wildman–Crippen LogP) is 2.15. The molecule has 1 atom stereocenters. The van der Waals surface area contributed by atoms with Gasteiger partial charge >= 0.3 is 0 Å². The summed E-state index contributed by atoms with van der Waals surface area (Å²) >= 11 is -0.789. The number of nitrogens with zero attached hydrogens (tertiary/aromatic N) is 1. The van der Waals surface area contributed by atoms with Crippen molar-refractivity contribution in [1.29, 1.82) is 0 Å². The van der Waals surface area contributed by atoms with E-state index >= 15 is 0 Å². The Morgan fingerprint density at radius 2 is 2.15 bits per heavy atom. The Balaban J connectivity index is 3.01. The second kappa shape index (κ2) is 3.77. The van der Waals surface area contributed by atoms with E-state index in [9.17, 15) is 8.76 Å². The van der Waals surface area contributed by atoms with Crippen molar-refractivity contribution in [1.82, 2.24) is 0 Å². The maximum atomic E-state index is 11.0. The van der Waals surface area contributed by atoms with Crippen LogP contribution in [0.4, 0.5) is 5.00 Å². The summed E-state index contributed by atoms with van der Waals surface area (Å²) in [6.07, 6.45) is 0. The highest BCUT2D eigenvalue weighted by molar-refractivity contribution is 7.81. The third-order valence-electron chi connectivity index (χ3n) is 1.46. The van der Waals surface area contributed by atoms with Gasteiger partial charge in [-0.25, -0.2) is 0 Å². The van der Waals surface area contributed by atoms with Crippen LogP contribution in [0, 0.1) is 0 Å². The molecule has 0 aliphatic carbocycles. The zero-order valence-corrected chi connectivity index (χ0v) is 9.45. The summed E-state index contributed by atoms with van der Waals surface area (Å²) < 4.78 is 23.3. The van der Waals surface area contributed by atoms with E-state index in [0.717, 1.165) is 5.00 Å². The van der Waals surface area contributed by atoms with Crippen LogP contribution in [0.1, 0.15) is 20.8 Å². The van der Waals surface area contributed by atoms with Crippen molar-refractivity contribution in [3.8, 4) is 0 Å². The summed E-state index contributed by atoms with van der Waals surface area (Å²) in [5.41, 5.74) is -0.405. The minimum absolute atomic E-state index is 0.405. The Bertz CT molecular complexity index is 290. The van der Waals surface area contributed by atoms with Crippen molar-refractivity contribution < 1.29 is 8.76 Å². The van der Waals surface area contributed by atoms with Crippen LogP contribution in [-0.4, -0.2) is 14.3 Å². The molecule has 0 aliphatic rings. The minimum atomic E-state index is -2.21. The van der Waals surface area contributed by atoms with E-state index in [1.165, 1.54) is 15.6 Å². The second-order valence-electron chi connectivity index (χ2n) is 3.63. The molecule has 0 saturated heterocycles. The first-order valence-corrected chi connectivity index (χ1v) is 5.77. The fourth-order valence-electron chi connectivity index (χ4n) is 1.01. The Morgan fingerprint density at radius 3 is 2.46 bits per heavy atom. The lowest BCUT2D eigenvalue weighted by atomic mass is 10.1. The number of hydrogen-bond donors (Lipinski definition) is 0. The van der Waals surface area contributed by atoms with Crippen LogP contribution in [-0.2, 0) is 11.3 Å². The lowest BCUT2D eigenvalue weighted by Crippen LogP contribution is -2.42. The van der Waals surface area contributed by atoms with Crippen LogP contribution >= 0.6 is 11.3 Å². The fourth-order valence-corrected chi connectivity index (χ4v) is 2.80. The highest BCUT2D eigenvalue weighted by Crippen LogP contribution is 2.29. The molecule has 5 heteroatoms. The molecule has 1 aromatic heterocycles. The summed E-state index contributed by atoms with van der Waals surface area (Å²) in [5.74, 6) is 0. The minimum Gasteiger partial charge on any atom is -0.755 e. The topological polar surface area (TPSA) is 43.4 Å². The molecule has 1 aromatic rings. The van der Waals surface area contributed by atoms with E-state index in [4.69, 9.17) is 0 Å². The molecular weight excluding hydrogens is 206 g/mol. The van der Waals surface area contributed by atoms with Gasteiger partial charge in [-0.3, -0.25) is 8.51 Å². The summed E-state index contributed by atoms with van der Waals surface area (Å²) in [5, 5.41) is 2.61. The van der Waals surface area contributed by atoms with Crippen molar-refractivity contribution in [3.05, 3.63) is 17.5 Å². The van der Waals surface area contributed by atoms with Crippen molar-refractivity contribution in [2.45, 2.75) is 26.3 Å². The molecule has 1 rings (SSSR count). The van der Waals surface area contributed by atoms with Gasteiger partial charge in [-0.1, -0.05) is 0 Å². The Hall–Kier alpha value is -0.390. The van der Waals surface area contributed by atoms with E-state index in [1.54, 1.807) is 6.07 Å². The van der Waals surface area contributed by atoms with Gasteiger partial charge < -0.3 is 4.55 Å². The van der Waals surface area contributed by atoms with Gasteiger partial charge in [-0.2, -0.15) is 0 Å². The molecule has 74 valence electrons. The lowest BCUT2D eigenvalue weighted by molar-refractivity contribution is 0.499. The highest BCUT2D eigenvalue weighted by atomic mass is 32.2. The Labute approximate surface area is 84.8 Å². The fraction of sp³-hybridized carbons (Fsp3) is 0.500. The summed E-state index contributed by atoms with van der Waals surface area (Å²) in [4.78, 5) is 0. The van der Waals surface area contributed by atoms with E-state index in [1.807, 2.05) is 32.2 Å². The van der Waals surface area contributed by atoms with Gasteiger partial charge in [-0.15, -0.1) is 11.3 Å². The molecule has 0 aromatic carbocycles. The van der Waals surface area contributed by atoms with E-state index < -0.39 is 16.8 Å². The number of hydrogen-bond acceptors (Lipinski definition) is 3. The summed E-state index contributed by atoms with van der Waals surface area (Å²) in [7, 11) is 0. The Morgan fingerprint density at radius 1 is 1.54 bits per heavy atom. The molecule has 0 N–H and O–H groups in total. The van der Waals surface area contributed by atoms with Crippen molar-refractivity contribution in [2.24, 2.45) is 0 Å². The highest BCUT2D eigenvalue weighted by Gasteiger charge is 2.23. The molecule has 0 fully saturated rings. The molecule has 0 spiro atoms. The third kappa shape index (κ3) is 2.52. The average molecular weight is 218 g/mol. The van der Waals surface area contributed by atoms with Crippen LogP contribution in [0.5, 0.6) is 0 Å². The Kier molecular flexibility index (Phi) is 3.10. The summed E-state index contributed by atoms with van der Waals surface area (Å²) in [6.45, 7) is 5.59. The standard InChI is InChI=1S/C8H13NO2S2/c1-8(2,3)9(13(10)11)7-5-4-6-12-7/h4-6H,1-3H3,(H,10,11)/p-1. The van der Waals surface area contributed by atoms with Gasteiger partial charge in [0.1, 0.15) is 5.00 Å². The first-order chi connectivity index (χ1) is 5.93.